The summed E-state index contributed by atoms with van der Waals surface area (Å²) in [6, 6.07) is 8.75. The highest BCUT2D eigenvalue weighted by Crippen LogP contribution is 2.42. The second-order valence-electron chi connectivity index (χ2n) is 5.94. The van der Waals surface area contributed by atoms with Crippen LogP contribution in [0.25, 0.3) is 0 Å². The minimum Gasteiger partial charge on any atom is -0.356 e. The van der Waals surface area contributed by atoms with Crippen LogP contribution in [-0.2, 0) is 4.79 Å². The van der Waals surface area contributed by atoms with Crippen LogP contribution in [0.1, 0.15) is 29.3 Å². The van der Waals surface area contributed by atoms with Crippen LogP contribution in [0.4, 0.5) is 0 Å². The van der Waals surface area contributed by atoms with Crippen molar-refractivity contribution in [1.29, 1.82) is 5.26 Å². The van der Waals surface area contributed by atoms with Gasteiger partial charge in [-0.15, -0.1) is 0 Å². The van der Waals surface area contributed by atoms with E-state index in [1.807, 2.05) is 13.0 Å². The second-order valence-corrected chi connectivity index (χ2v) is 5.94. The minimum atomic E-state index is -0.428. The summed E-state index contributed by atoms with van der Waals surface area (Å²) >= 11 is 0. The lowest BCUT2D eigenvalue weighted by molar-refractivity contribution is -0.128. The molecule has 0 bridgehead atoms. The summed E-state index contributed by atoms with van der Waals surface area (Å²) in [7, 11) is 0. The second kappa shape index (κ2) is 4.88. The fourth-order valence-corrected chi connectivity index (χ4v) is 3.44. The maximum absolute atomic E-state index is 12.6. The zero-order chi connectivity index (χ0) is 15.0. The molecule has 5 nitrogen and oxygen atoms in total. The molecule has 108 valence electrons. The molecule has 1 aromatic carbocycles. The molecular weight excluding hydrogens is 266 g/mol. The molecule has 1 spiro atoms. The highest BCUT2D eigenvalue weighted by molar-refractivity contribution is 5.96. The summed E-state index contributed by atoms with van der Waals surface area (Å²) in [5.41, 5.74) is 0.556. The van der Waals surface area contributed by atoms with Crippen LogP contribution < -0.4 is 5.32 Å². The Hall–Kier alpha value is -2.35. The van der Waals surface area contributed by atoms with Crippen LogP contribution in [-0.4, -0.2) is 36.3 Å². The highest BCUT2D eigenvalue weighted by atomic mass is 16.2. The molecule has 0 aliphatic carbocycles. The average Bonchev–Trinajstić information content (AvgIpc) is 3.03. The van der Waals surface area contributed by atoms with E-state index in [0.717, 1.165) is 6.42 Å². The first kappa shape index (κ1) is 13.6. The Morgan fingerprint density at radius 2 is 2.33 bits per heavy atom. The molecule has 2 aliphatic rings. The Kier molecular flexibility index (Phi) is 3.17. The van der Waals surface area contributed by atoms with Crippen LogP contribution in [0.3, 0.4) is 0 Å². The predicted molar refractivity (Wildman–Crippen MR) is 76.3 cm³/mol. The molecule has 2 fully saturated rings. The first-order chi connectivity index (χ1) is 10.1. The molecule has 2 amide bonds. The van der Waals surface area contributed by atoms with Gasteiger partial charge in [0.25, 0.3) is 5.91 Å². The van der Waals surface area contributed by atoms with Crippen LogP contribution >= 0.6 is 0 Å². The third-order valence-corrected chi connectivity index (χ3v) is 4.75. The van der Waals surface area contributed by atoms with E-state index in [-0.39, 0.29) is 17.7 Å². The molecule has 2 aliphatic heterocycles. The number of nitriles is 1. The molecule has 21 heavy (non-hydrogen) atoms. The molecule has 5 heteroatoms. The van der Waals surface area contributed by atoms with Gasteiger partial charge in [0.2, 0.25) is 5.91 Å². The monoisotopic (exact) mass is 283 g/mol. The molecule has 2 saturated heterocycles. The number of hydrogen-bond acceptors (Lipinski definition) is 3. The van der Waals surface area contributed by atoms with Crippen LogP contribution in [0.15, 0.2) is 24.3 Å². The van der Waals surface area contributed by atoms with Crippen molar-refractivity contribution in [3.63, 3.8) is 0 Å². The van der Waals surface area contributed by atoms with Crippen LogP contribution in [0.2, 0.25) is 0 Å². The lowest BCUT2D eigenvalue weighted by Gasteiger charge is -2.23. The molecule has 1 aromatic rings. The largest absolute Gasteiger partial charge is 0.356 e. The number of carbonyl (C=O) groups excluding carboxylic acids is 2. The standard InChI is InChI=1S/C16H17N3O2/c1-11-9-19(10-16(11)5-6-18-15(16)21)14(20)13-4-2-3-12(7-13)8-17/h2-4,7,11H,5-6,9-10H2,1H3,(H,18,21)/t11-,16-/m1/s1. The molecule has 2 heterocycles. The van der Waals surface area contributed by atoms with Gasteiger partial charge >= 0.3 is 0 Å². The third kappa shape index (κ3) is 2.07. The first-order valence-electron chi connectivity index (χ1n) is 7.14. The van der Waals surface area contributed by atoms with Gasteiger partial charge in [0.15, 0.2) is 0 Å². The summed E-state index contributed by atoms with van der Waals surface area (Å²) in [5.74, 6) is 0.120. The van der Waals surface area contributed by atoms with Crippen molar-refractivity contribution in [2.45, 2.75) is 13.3 Å². The smallest absolute Gasteiger partial charge is 0.253 e. The van der Waals surface area contributed by atoms with Gasteiger partial charge in [-0.2, -0.15) is 5.26 Å². The van der Waals surface area contributed by atoms with Crippen molar-refractivity contribution >= 4 is 11.8 Å². The van der Waals surface area contributed by atoms with Crippen molar-refractivity contribution in [3.8, 4) is 6.07 Å². The molecule has 0 radical (unpaired) electrons. The minimum absolute atomic E-state index is 0.0658. The Bertz CT molecular complexity index is 649. The van der Waals surface area contributed by atoms with E-state index in [1.54, 1.807) is 29.2 Å². The van der Waals surface area contributed by atoms with Gasteiger partial charge in [-0.05, 0) is 30.5 Å². The number of likely N-dealkylation sites (tertiary alicyclic amines) is 1. The maximum atomic E-state index is 12.6. The predicted octanol–water partition coefficient (Wildman–Crippen LogP) is 1.16. The topological polar surface area (TPSA) is 73.2 Å². The number of hydrogen-bond donors (Lipinski definition) is 1. The van der Waals surface area contributed by atoms with Gasteiger partial charge in [0.1, 0.15) is 0 Å². The number of nitrogens with zero attached hydrogens (tertiary/aromatic N) is 2. The summed E-state index contributed by atoms with van der Waals surface area (Å²) in [5, 5.41) is 11.8. The summed E-state index contributed by atoms with van der Waals surface area (Å²) in [4.78, 5) is 26.5. The lowest BCUT2D eigenvalue weighted by Crippen LogP contribution is -2.38. The van der Waals surface area contributed by atoms with Crippen molar-refractivity contribution in [3.05, 3.63) is 35.4 Å². The highest BCUT2D eigenvalue weighted by Gasteiger charge is 2.53. The molecular formula is C16H17N3O2. The van der Waals surface area contributed by atoms with E-state index < -0.39 is 5.41 Å². The summed E-state index contributed by atoms with van der Waals surface area (Å²) in [6.45, 7) is 3.78. The SMILES string of the molecule is C[C@@H]1CN(C(=O)c2cccc(C#N)c2)C[C@]12CCNC2=O. The molecule has 0 saturated carbocycles. The first-order valence-corrected chi connectivity index (χ1v) is 7.14. The number of benzene rings is 1. The van der Waals surface area contributed by atoms with E-state index >= 15 is 0 Å². The summed E-state index contributed by atoms with van der Waals surface area (Å²) in [6.07, 6.45) is 0.787. The van der Waals surface area contributed by atoms with Gasteiger partial charge < -0.3 is 10.2 Å². The molecule has 0 unspecified atom stereocenters. The Morgan fingerprint density at radius 3 is 3.00 bits per heavy atom. The zero-order valence-electron chi connectivity index (χ0n) is 11.9. The van der Waals surface area contributed by atoms with Crippen molar-refractivity contribution in [1.82, 2.24) is 10.2 Å². The third-order valence-electron chi connectivity index (χ3n) is 4.75. The number of rotatable bonds is 1. The van der Waals surface area contributed by atoms with Crippen LogP contribution in [0.5, 0.6) is 0 Å². The van der Waals surface area contributed by atoms with Gasteiger partial charge in [-0.3, -0.25) is 9.59 Å². The number of amides is 2. The van der Waals surface area contributed by atoms with Gasteiger partial charge in [-0.1, -0.05) is 13.0 Å². The molecule has 0 aromatic heterocycles. The quantitative estimate of drug-likeness (QED) is 0.840. The van der Waals surface area contributed by atoms with Crippen LogP contribution in [0, 0.1) is 22.7 Å². The lowest BCUT2D eigenvalue weighted by atomic mass is 9.78. The Labute approximate surface area is 123 Å². The summed E-state index contributed by atoms with van der Waals surface area (Å²) < 4.78 is 0. The zero-order valence-corrected chi connectivity index (χ0v) is 11.9. The number of nitrogens with one attached hydrogen (secondary N) is 1. The van der Waals surface area contributed by atoms with Gasteiger partial charge in [-0.25, -0.2) is 0 Å². The van der Waals surface area contributed by atoms with Gasteiger partial charge in [0.05, 0.1) is 17.0 Å². The Morgan fingerprint density at radius 1 is 1.52 bits per heavy atom. The Balaban J connectivity index is 1.84. The fourth-order valence-electron chi connectivity index (χ4n) is 3.44. The van der Waals surface area contributed by atoms with E-state index in [4.69, 9.17) is 5.26 Å². The number of carbonyl (C=O) groups is 2. The van der Waals surface area contributed by atoms with Crippen molar-refractivity contribution in [2.24, 2.45) is 11.3 Å². The van der Waals surface area contributed by atoms with E-state index in [1.165, 1.54) is 0 Å². The maximum Gasteiger partial charge on any atom is 0.253 e. The average molecular weight is 283 g/mol. The fraction of sp³-hybridized carbons (Fsp3) is 0.438. The molecule has 1 N–H and O–H groups in total. The molecule has 2 atom stereocenters. The normalized spacial score (nSPS) is 27.7. The van der Waals surface area contributed by atoms with Crippen molar-refractivity contribution in [2.75, 3.05) is 19.6 Å². The van der Waals surface area contributed by atoms with Crippen molar-refractivity contribution < 1.29 is 9.59 Å². The van der Waals surface area contributed by atoms with E-state index in [2.05, 4.69) is 5.32 Å². The van der Waals surface area contributed by atoms with E-state index in [0.29, 0.717) is 30.8 Å². The van der Waals surface area contributed by atoms with E-state index in [9.17, 15) is 9.59 Å². The molecule has 3 rings (SSSR count). The van der Waals surface area contributed by atoms with Gasteiger partial charge in [0, 0.05) is 25.2 Å².